The van der Waals surface area contributed by atoms with Crippen LogP contribution in [0.3, 0.4) is 0 Å². The summed E-state index contributed by atoms with van der Waals surface area (Å²) in [6, 6.07) is 5.21. The Balaban J connectivity index is 1.98. The number of likely N-dealkylation sites (tertiary alicyclic amines) is 1. The van der Waals surface area contributed by atoms with Crippen molar-refractivity contribution in [2.75, 3.05) is 32.0 Å². The second-order valence-electron chi connectivity index (χ2n) is 5.12. The van der Waals surface area contributed by atoms with Crippen LogP contribution in [0.1, 0.15) is 23.2 Å². The zero-order valence-electron chi connectivity index (χ0n) is 11.0. The first-order valence-corrected chi connectivity index (χ1v) is 7.31. The molecule has 4 nitrogen and oxygen atoms in total. The second kappa shape index (κ2) is 6.39. The number of anilines is 1. The van der Waals surface area contributed by atoms with Gasteiger partial charge in [0.15, 0.2) is 0 Å². The molecule has 1 aliphatic heterocycles. The van der Waals surface area contributed by atoms with Gasteiger partial charge < -0.3 is 15.3 Å². The van der Waals surface area contributed by atoms with E-state index >= 15 is 0 Å². The van der Waals surface area contributed by atoms with Crippen LogP contribution in [0.15, 0.2) is 22.7 Å². The molecule has 0 saturated carbocycles. The molecule has 2 rings (SSSR count). The average molecular weight is 327 g/mol. The van der Waals surface area contributed by atoms with Crippen molar-refractivity contribution in [3.8, 4) is 0 Å². The van der Waals surface area contributed by atoms with Crippen LogP contribution in [0.5, 0.6) is 0 Å². The number of carboxylic acid groups (broad SMARTS) is 1. The van der Waals surface area contributed by atoms with E-state index in [1.807, 2.05) is 6.07 Å². The van der Waals surface area contributed by atoms with Gasteiger partial charge in [-0.1, -0.05) is 15.9 Å². The molecule has 1 fully saturated rings. The van der Waals surface area contributed by atoms with Crippen LogP contribution in [0.2, 0.25) is 0 Å². The van der Waals surface area contributed by atoms with E-state index in [0.717, 1.165) is 24.1 Å². The molecular formula is C14H19BrN2O2. The number of aromatic carboxylic acids is 1. The number of carboxylic acids is 1. The molecule has 0 radical (unpaired) electrons. The minimum atomic E-state index is -0.890. The largest absolute Gasteiger partial charge is 0.478 e. The molecule has 1 heterocycles. The number of nitrogens with one attached hydrogen (secondary N) is 1. The third-order valence-corrected chi connectivity index (χ3v) is 4.12. The highest BCUT2D eigenvalue weighted by molar-refractivity contribution is 9.10. The molecule has 1 aromatic rings. The lowest BCUT2D eigenvalue weighted by atomic mass is 9.97. The zero-order chi connectivity index (χ0) is 13.8. The van der Waals surface area contributed by atoms with E-state index in [-0.39, 0.29) is 0 Å². The lowest BCUT2D eigenvalue weighted by molar-refractivity contribution is 0.0698. The Kier molecular flexibility index (Phi) is 4.82. The van der Waals surface area contributed by atoms with Gasteiger partial charge in [0.1, 0.15) is 0 Å². The smallest absolute Gasteiger partial charge is 0.337 e. The lowest BCUT2D eigenvalue weighted by Gasteiger charge is -2.29. The fourth-order valence-electron chi connectivity index (χ4n) is 2.37. The van der Waals surface area contributed by atoms with Crippen molar-refractivity contribution in [3.63, 3.8) is 0 Å². The minimum Gasteiger partial charge on any atom is -0.478 e. The topological polar surface area (TPSA) is 52.6 Å². The molecule has 0 atom stereocenters. The van der Waals surface area contributed by atoms with Crippen molar-refractivity contribution in [3.05, 3.63) is 28.2 Å². The number of halogens is 1. The molecule has 19 heavy (non-hydrogen) atoms. The van der Waals surface area contributed by atoms with Gasteiger partial charge in [0.25, 0.3) is 0 Å². The SMILES string of the molecule is CN1CCC(CNc2cc(Br)ccc2C(=O)O)CC1. The van der Waals surface area contributed by atoms with Crippen LogP contribution >= 0.6 is 15.9 Å². The summed E-state index contributed by atoms with van der Waals surface area (Å²) < 4.78 is 0.892. The maximum Gasteiger partial charge on any atom is 0.337 e. The van der Waals surface area contributed by atoms with Crippen LogP contribution in [-0.4, -0.2) is 42.7 Å². The first-order chi connectivity index (χ1) is 9.06. The van der Waals surface area contributed by atoms with Gasteiger partial charge in [0, 0.05) is 16.7 Å². The molecular weight excluding hydrogens is 308 g/mol. The van der Waals surface area contributed by atoms with Gasteiger partial charge in [-0.05, 0) is 57.1 Å². The molecule has 0 spiro atoms. The Morgan fingerprint density at radius 2 is 2.16 bits per heavy atom. The van der Waals surface area contributed by atoms with Gasteiger partial charge in [0.2, 0.25) is 0 Å². The molecule has 1 aliphatic rings. The van der Waals surface area contributed by atoms with Crippen molar-refractivity contribution >= 4 is 27.6 Å². The van der Waals surface area contributed by atoms with E-state index in [2.05, 4.69) is 33.2 Å². The van der Waals surface area contributed by atoms with Crippen LogP contribution in [-0.2, 0) is 0 Å². The fraction of sp³-hybridized carbons (Fsp3) is 0.500. The molecule has 0 aromatic heterocycles. The predicted molar refractivity (Wildman–Crippen MR) is 79.8 cm³/mol. The van der Waals surface area contributed by atoms with Crippen molar-refractivity contribution in [2.45, 2.75) is 12.8 Å². The monoisotopic (exact) mass is 326 g/mol. The average Bonchev–Trinajstić information content (AvgIpc) is 2.38. The Hall–Kier alpha value is -1.07. The molecule has 5 heteroatoms. The third-order valence-electron chi connectivity index (χ3n) is 3.63. The quantitative estimate of drug-likeness (QED) is 0.893. The van der Waals surface area contributed by atoms with Gasteiger partial charge in [-0.15, -0.1) is 0 Å². The second-order valence-corrected chi connectivity index (χ2v) is 6.04. The number of hydrogen-bond acceptors (Lipinski definition) is 3. The molecule has 0 bridgehead atoms. The molecule has 0 aliphatic carbocycles. The first kappa shape index (κ1) is 14.3. The van der Waals surface area contributed by atoms with Crippen LogP contribution in [0.25, 0.3) is 0 Å². The summed E-state index contributed by atoms with van der Waals surface area (Å²) in [6.45, 7) is 3.08. The zero-order valence-corrected chi connectivity index (χ0v) is 12.6. The summed E-state index contributed by atoms with van der Waals surface area (Å²) in [5, 5.41) is 12.5. The number of rotatable bonds is 4. The Morgan fingerprint density at radius 1 is 1.47 bits per heavy atom. The molecule has 1 aromatic carbocycles. The van der Waals surface area contributed by atoms with Crippen molar-refractivity contribution in [2.24, 2.45) is 5.92 Å². The van der Waals surface area contributed by atoms with Gasteiger partial charge >= 0.3 is 5.97 Å². The van der Waals surface area contributed by atoms with E-state index in [0.29, 0.717) is 17.2 Å². The number of piperidine rings is 1. The highest BCUT2D eigenvalue weighted by atomic mass is 79.9. The van der Waals surface area contributed by atoms with Gasteiger partial charge in [0.05, 0.1) is 5.56 Å². The fourth-order valence-corrected chi connectivity index (χ4v) is 2.73. The highest BCUT2D eigenvalue weighted by Gasteiger charge is 2.17. The summed E-state index contributed by atoms with van der Waals surface area (Å²) in [6.07, 6.45) is 2.33. The molecule has 1 saturated heterocycles. The van der Waals surface area contributed by atoms with E-state index < -0.39 is 5.97 Å². The number of hydrogen-bond donors (Lipinski definition) is 2. The van der Waals surface area contributed by atoms with E-state index in [4.69, 9.17) is 5.11 Å². The maximum atomic E-state index is 11.2. The maximum absolute atomic E-state index is 11.2. The minimum absolute atomic E-state index is 0.330. The Morgan fingerprint density at radius 3 is 2.79 bits per heavy atom. The van der Waals surface area contributed by atoms with E-state index in [1.165, 1.54) is 12.8 Å². The summed E-state index contributed by atoms with van der Waals surface area (Å²) in [4.78, 5) is 13.5. The molecule has 0 unspecified atom stereocenters. The number of nitrogens with zero attached hydrogens (tertiary/aromatic N) is 1. The third kappa shape index (κ3) is 3.94. The lowest BCUT2D eigenvalue weighted by Crippen LogP contribution is -2.33. The normalized spacial score (nSPS) is 17.4. The molecule has 0 amide bonds. The summed E-state index contributed by atoms with van der Waals surface area (Å²) in [7, 11) is 2.14. The number of carbonyl (C=O) groups is 1. The van der Waals surface area contributed by atoms with Crippen molar-refractivity contribution in [1.82, 2.24) is 4.90 Å². The standard InChI is InChI=1S/C14H19BrN2O2/c1-17-6-4-10(5-7-17)9-16-13-8-11(15)2-3-12(13)14(18)19/h2-3,8,10,16H,4-7,9H2,1H3,(H,18,19). The van der Waals surface area contributed by atoms with Crippen molar-refractivity contribution in [1.29, 1.82) is 0 Å². The first-order valence-electron chi connectivity index (χ1n) is 6.51. The van der Waals surface area contributed by atoms with Crippen LogP contribution < -0.4 is 5.32 Å². The summed E-state index contributed by atoms with van der Waals surface area (Å²) in [5.74, 6) is -0.268. The Bertz CT molecular complexity index is 457. The van der Waals surface area contributed by atoms with Gasteiger partial charge in [-0.25, -0.2) is 4.79 Å². The predicted octanol–water partition coefficient (Wildman–Crippen LogP) is 2.90. The highest BCUT2D eigenvalue weighted by Crippen LogP contribution is 2.23. The molecule has 104 valence electrons. The van der Waals surface area contributed by atoms with E-state index in [1.54, 1.807) is 12.1 Å². The summed E-state index contributed by atoms with van der Waals surface area (Å²) in [5.41, 5.74) is 1.02. The van der Waals surface area contributed by atoms with Gasteiger partial charge in [-0.3, -0.25) is 0 Å². The number of benzene rings is 1. The van der Waals surface area contributed by atoms with Crippen LogP contribution in [0.4, 0.5) is 5.69 Å². The van der Waals surface area contributed by atoms with Crippen LogP contribution in [0, 0.1) is 5.92 Å². The van der Waals surface area contributed by atoms with Crippen molar-refractivity contribution < 1.29 is 9.90 Å². The summed E-state index contributed by atoms with van der Waals surface area (Å²) >= 11 is 3.38. The Labute approximate surface area is 121 Å². The van der Waals surface area contributed by atoms with E-state index in [9.17, 15) is 4.79 Å². The molecule has 2 N–H and O–H groups in total. The van der Waals surface area contributed by atoms with Gasteiger partial charge in [-0.2, -0.15) is 0 Å².